The Labute approximate surface area is 99.3 Å². The van der Waals surface area contributed by atoms with Crippen molar-refractivity contribution in [2.24, 2.45) is 0 Å². The Balaban J connectivity index is 2.97. The number of hydrogen-bond acceptors (Lipinski definition) is 6. The van der Waals surface area contributed by atoms with Crippen LogP contribution >= 0.6 is 0 Å². The average Bonchev–Trinajstić information content (AvgIpc) is 2.25. The fourth-order valence-corrected chi connectivity index (χ4v) is 1.99. The van der Waals surface area contributed by atoms with Gasteiger partial charge in [0.25, 0.3) is 5.56 Å². The second kappa shape index (κ2) is 5.12. The van der Waals surface area contributed by atoms with Crippen LogP contribution < -0.4 is 16.0 Å². The molecule has 100 valence electrons. The van der Waals surface area contributed by atoms with Crippen LogP contribution in [0.4, 0.5) is 0 Å². The highest BCUT2D eigenvalue weighted by Crippen LogP contribution is 1.97. The van der Waals surface area contributed by atoms with E-state index in [-0.39, 0.29) is 0 Å². The number of aromatic nitrogens is 2. The number of aliphatic carboxylic acids is 1. The van der Waals surface area contributed by atoms with E-state index in [0.717, 1.165) is 0 Å². The van der Waals surface area contributed by atoms with E-state index in [2.05, 4.69) is 0 Å². The van der Waals surface area contributed by atoms with Gasteiger partial charge in [-0.25, -0.2) is 22.7 Å². The van der Waals surface area contributed by atoms with Crippen molar-refractivity contribution in [2.45, 2.75) is 11.0 Å². The van der Waals surface area contributed by atoms with Gasteiger partial charge in [0.1, 0.15) is 0 Å². The Morgan fingerprint density at radius 1 is 1.44 bits per heavy atom. The first-order chi connectivity index (χ1) is 8.24. The summed E-state index contributed by atoms with van der Waals surface area (Å²) in [4.78, 5) is 35.0. The normalized spacial score (nSPS) is 13.2. The number of aromatic amines is 2. The Morgan fingerprint density at radius 3 is 2.56 bits per heavy atom. The number of carboxylic acid groups (broad SMARTS) is 1. The van der Waals surface area contributed by atoms with Gasteiger partial charge in [0.05, 0.1) is 0 Å². The number of hydrogen-bond donors (Lipinski definition) is 5. The summed E-state index contributed by atoms with van der Waals surface area (Å²) >= 11 is 0. The highest BCUT2D eigenvalue weighted by Gasteiger charge is 2.22. The van der Waals surface area contributed by atoms with Crippen LogP contribution in [0.1, 0.15) is 0 Å². The summed E-state index contributed by atoms with van der Waals surface area (Å²) in [5, 5.41) is 17.2. The molecule has 1 rings (SSSR count). The number of H-pyrrole nitrogens is 2. The molecular weight excluding hydrogens is 270 g/mol. The molecule has 1 unspecified atom stereocenters. The van der Waals surface area contributed by atoms with Crippen molar-refractivity contribution in [1.29, 1.82) is 0 Å². The van der Waals surface area contributed by atoms with Crippen LogP contribution in [0.2, 0.25) is 0 Å². The third-order valence-electron chi connectivity index (χ3n) is 1.83. The lowest BCUT2D eigenvalue weighted by Gasteiger charge is -2.07. The number of sulfonamides is 1. The highest BCUT2D eigenvalue weighted by molar-refractivity contribution is 7.89. The van der Waals surface area contributed by atoms with Gasteiger partial charge in [0, 0.05) is 12.7 Å². The molecule has 0 fully saturated rings. The summed E-state index contributed by atoms with van der Waals surface area (Å²) in [6, 6.07) is 0. The standard InChI is InChI=1S/C7H9N3O7S/c11-3(6(13)14)1-9-18(16,17)4-2-8-7(15)10-5(4)12/h2-3,9,11H,1H2,(H,13,14)(H2,8,10,12,15). The van der Waals surface area contributed by atoms with Gasteiger partial charge >= 0.3 is 11.7 Å². The topological polar surface area (TPSA) is 169 Å². The van der Waals surface area contributed by atoms with Gasteiger partial charge in [-0.05, 0) is 0 Å². The molecule has 0 spiro atoms. The third kappa shape index (κ3) is 3.26. The number of aliphatic hydroxyl groups is 1. The molecule has 18 heavy (non-hydrogen) atoms. The zero-order chi connectivity index (χ0) is 13.9. The number of rotatable bonds is 5. The number of aliphatic hydroxyl groups excluding tert-OH is 1. The third-order valence-corrected chi connectivity index (χ3v) is 3.26. The van der Waals surface area contributed by atoms with E-state index in [1.807, 2.05) is 4.98 Å². The minimum absolute atomic E-state index is 0.663. The minimum Gasteiger partial charge on any atom is -0.479 e. The van der Waals surface area contributed by atoms with E-state index in [1.54, 1.807) is 9.71 Å². The van der Waals surface area contributed by atoms with Gasteiger partial charge in [-0.15, -0.1) is 0 Å². The molecule has 1 heterocycles. The second-order valence-corrected chi connectivity index (χ2v) is 4.88. The molecule has 0 saturated carbocycles. The summed E-state index contributed by atoms with van der Waals surface area (Å²) in [5.41, 5.74) is -2.04. The molecule has 1 atom stereocenters. The molecular formula is C7H9N3O7S. The molecule has 1 aromatic rings. The van der Waals surface area contributed by atoms with Crippen molar-refractivity contribution in [3.63, 3.8) is 0 Å². The van der Waals surface area contributed by atoms with Crippen LogP contribution in [-0.2, 0) is 14.8 Å². The average molecular weight is 279 g/mol. The van der Waals surface area contributed by atoms with Gasteiger partial charge in [0.15, 0.2) is 11.0 Å². The first-order valence-electron chi connectivity index (χ1n) is 4.46. The molecule has 5 N–H and O–H groups in total. The highest BCUT2D eigenvalue weighted by atomic mass is 32.2. The van der Waals surface area contributed by atoms with E-state index < -0.39 is 44.8 Å². The monoisotopic (exact) mass is 279 g/mol. The quantitative estimate of drug-likeness (QED) is 0.377. The van der Waals surface area contributed by atoms with Crippen molar-refractivity contribution >= 4 is 16.0 Å². The first-order valence-corrected chi connectivity index (χ1v) is 5.95. The Hall–Kier alpha value is -1.98. The van der Waals surface area contributed by atoms with E-state index >= 15 is 0 Å². The Morgan fingerprint density at radius 2 is 2.06 bits per heavy atom. The fraction of sp³-hybridized carbons (Fsp3) is 0.286. The molecule has 10 nitrogen and oxygen atoms in total. The zero-order valence-electron chi connectivity index (χ0n) is 8.71. The van der Waals surface area contributed by atoms with Crippen molar-refractivity contribution < 1.29 is 23.4 Å². The van der Waals surface area contributed by atoms with Crippen LogP contribution in [0.5, 0.6) is 0 Å². The molecule has 11 heteroatoms. The molecule has 1 aromatic heterocycles. The van der Waals surface area contributed by atoms with Crippen molar-refractivity contribution in [2.75, 3.05) is 6.54 Å². The van der Waals surface area contributed by atoms with E-state index in [0.29, 0.717) is 6.20 Å². The predicted octanol–water partition coefficient (Wildman–Crippen LogP) is -3.21. The number of nitrogens with one attached hydrogen (secondary N) is 3. The zero-order valence-corrected chi connectivity index (χ0v) is 9.52. The van der Waals surface area contributed by atoms with Gasteiger partial charge < -0.3 is 15.2 Å². The molecule has 0 amide bonds. The molecule has 0 aliphatic rings. The van der Waals surface area contributed by atoms with Gasteiger partial charge in [-0.1, -0.05) is 0 Å². The molecule has 0 aliphatic heterocycles. The maximum absolute atomic E-state index is 11.5. The van der Waals surface area contributed by atoms with Crippen LogP contribution in [0.25, 0.3) is 0 Å². The minimum atomic E-state index is -4.32. The Bertz CT molecular complexity index is 658. The lowest BCUT2D eigenvalue weighted by atomic mass is 10.4. The lowest BCUT2D eigenvalue weighted by Crippen LogP contribution is -2.39. The molecule has 0 aromatic carbocycles. The Kier molecular flexibility index (Phi) is 4.00. The van der Waals surface area contributed by atoms with Crippen LogP contribution in [0, 0.1) is 0 Å². The fourth-order valence-electron chi connectivity index (χ4n) is 0.951. The second-order valence-electron chi connectivity index (χ2n) is 3.14. The van der Waals surface area contributed by atoms with Crippen LogP contribution in [0.3, 0.4) is 0 Å². The van der Waals surface area contributed by atoms with E-state index in [9.17, 15) is 22.8 Å². The lowest BCUT2D eigenvalue weighted by molar-refractivity contribution is -0.146. The number of carbonyl (C=O) groups is 1. The summed E-state index contributed by atoms with van der Waals surface area (Å²) in [6.45, 7) is -0.809. The van der Waals surface area contributed by atoms with Gasteiger partial charge in [0.2, 0.25) is 10.0 Å². The molecule has 0 saturated heterocycles. The summed E-state index contributed by atoms with van der Waals surface area (Å²) in [6.07, 6.45) is -1.28. The summed E-state index contributed by atoms with van der Waals surface area (Å²) in [5.74, 6) is -1.62. The smallest absolute Gasteiger partial charge is 0.333 e. The largest absolute Gasteiger partial charge is 0.479 e. The molecule has 0 aliphatic carbocycles. The first kappa shape index (κ1) is 14.1. The maximum atomic E-state index is 11.5. The van der Waals surface area contributed by atoms with Crippen LogP contribution in [0.15, 0.2) is 20.7 Å². The summed E-state index contributed by atoms with van der Waals surface area (Å²) < 4.78 is 24.8. The number of carboxylic acids is 1. The van der Waals surface area contributed by atoms with Crippen molar-refractivity contribution in [3.8, 4) is 0 Å². The maximum Gasteiger partial charge on any atom is 0.333 e. The van der Waals surface area contributed by atoms with Gasteiger partial charge in [-0.2, -0.15) is 0 Å². The SMILES string of the molecule is O=C(O)C(O)CNS(=O)(=O)c1c[nH]c(=O)[nH]c1=O. The van der Waals surface area contributed by atoms with E-state index in [1.165, 1.54) is 0 Å². The summed E-state index contributed by atoms with van der Waals surface area (Å²) in [7, 11) is -4.32. The molecule has 0 bridgehead atoms. The van der Waals surface area contributed by atoms with Gasteiger partial charge in [-0.3, -0.25) is 9.78 Å². The predicted molar refractivity (Wildman–Crippen MR) is 56.5 cm³/mol. The molecule has 0 radical (unpaired) electrons. The van der Waals surface area contributed by atoms with Crippen LogP contribution in [-0.4, -0.2) is 47.2 Å². The van der Waals surface area contributed by atoms with Crippen molar-refractivity contribution in [3.05, 3.63) is 27.0 Å². The van der Waals surface area contributed by atoms with Crippen molar-refractivity contribution in [1.82, 2.24) is 14.7 Å². The van der Waals surface area contributed by atoms with E-state index in [4.69, 9.17) is 10.2 Å².